The summed E-state index contributed by atoms with van der Waals surface area (Å²) in [5, 5.41) is 3.82. The largest absolute Gasteiger partial charge is 0.296 e. The third-order valence-electron chi connectivity index (χ3n) is 5.64. The lowest BCUT2D eigenvalue weighted by atomic mass is 9.95. The van der Waals surface area contributed by atoms with E-state index in [1.165, 1.54) is 0 Å². The molecule has 2 aliphatic heterocycles. The minimum absolute atomic E-state index is 0.0494. The molecule has 138 valence electrons. The number of sulfone groups is 1. The number of rotatable bonds is 3. The Balaban J connectivity index is 1.47. The lowest BCUT2D eigenvalue weighted by molar-refractivity contribution is 0.321. The van der Waals surface area contributed by atoms with Crippen LogP contribution in [-0.4, -0.2) is 36.6 Å². The molecule has 4 nitrogen and oxygen atoms in total. The summed E-state index contributed by atoms with van der Waals surface area (Å²) in [7, 11) is -3.26. The summed E-state index contributed by atoms with van der Waals surface area (Å²) in [4.78, 5) is 7.33. The van der Waals surface area contributed by atoms with Gasteiger partial charge in [-0.05, 0) is 64.7 Å². The molecule has 0 N–H and O–H groups in total. The maximum Gasteiger partial charge on any atom is 0.183 e. The van der Waals surface area contributed by atoms with Crippen LogP contribution in [0.25, 0.3) is 11.1 Å². The first-order chi connectivity index (χ1) is 13.0. The molecule has 0 bridgehead atoms. The van der Waals surface area contributed by atoms with Crippen molar-refractivity contribution in [3.05, 3.63) is 70.2 Å². The van der Waals surface area contributed by atoms with Gasteiger partial charge in [-0.15, -0.1) is 0 Å². The van der Waals surface area contributed by atoms with E-state index in [-0.39, 0.29) is 11.2 Å². The Kier molecular flexibility index (Phi) is 3.96. The van der Waals surface area contributed by atoms with Crippen LogP contribution < -0.4 is 0 Å². The fraction of sp³-hybridized carbons (Fsp3) is 0.286. The summed E-state index contributed by atoms with van der Waals surface area (Å²) in [6.45, 7) is 4.02. The van der Waals surface area contributed by atoms with E-state index in [0.717, 1.165) is 34.6 Å². The van der Waals surface area contributed by atoms with Gasteiger partial charge in [0.15, 0.2) is 9.84 Å². The van der Waals surface area contributed by atoms with Crippen LogP contribution in [0.15, 0.2) is 58.1 Å². The number of benzene rings is 1. The van der Waals surface area contributed by atoms with Crippen molar-refractivity contribution in [2.75, 3.05) is 13.1 Å². The van der Waals surface area contributed by atoms with E-state index >= 15 is 0 Å². The van der Waals surface area contributed by atoms with Crippen LogP contribution in [0, 0.1) is 6.92 Å². The summed E-state index contributed by atoms with van der Waals surface area (Å²) in [5.74, 6) is 0.0494. The molecule has 0 unspecified atom stereocenters. The third kappa shape index (κ3) is 2.83. The molecule has 3 aromatic rings. The number of aromatic nitrogens is 1. The molecule has 4 heterocycles. The molecule has 27 heavy (non-hydrogen) atoms. The lowest BCUT2D eigenvalue weighted by Gasteiger charge is -2.17. The average Bonchev–Trinajstić information content (AvgIpc) is 3.34. The van der Waals surface area contributed by atoms with Gasteiger partial charge in [0, 0.05) is 31.2 Å². The monoisotopic (exact) mass is 396 g/mol. The number of likely N-dealkylation sites (tertiary alicyclic amines) is 1. The van der Waals surface area contributed by atoms with Crippen LogP contribution in [0.1, 0.15) is 22.9 Å². The predicted octanol–water partition coefficient (Wildman–Crippen LogP) is 3.87. The fourth-order valence-electron chi connectivity index (χ4n) is 4.38. The van der Waals surface area contributed by atoms with Crippen molar-refractivity contribution >= 4 is 21.2 Å². The smallest absolute Gasteiger partial charge is 0.183 e. The Morgan fingerprint density at radius 3 is 2.81 bits per heavy atom. The molecule has 0 saturated carbocycles. The normalized spacial score (nSPS) is 23.3. The summed E-state index contributed by atoms with van der Waals surface area (Å²) in [5.41, 5.74) is 5.24. The maximum atomic E-state index is 13.1. The van der Waals surface area contributed by atoms with E-state index in [0.29, 0.717) is 18.0 Å². The van der Waals surface area contributed by atoms with Crippen LogP contribution in [-0.2, 0) is 16.4 Å². The second kappa shape index (κ2) is 6.26. The number of nitrogens with zero attached hydrogens (tertiary/aromatic N) is 2. The van der Waals surface area contributed by atoms with Gasteiger partial charge >= 0.3 is 0 Å². The van der Waals surface area contributed by atoms with Gasteiger partial charge in [0.1, 0.15) is 0 Å². The predicted molar refractivity (Wildman–Crippen MR) is 108 cm³/mol. The minimum atomic E-state index is -3.26. The molecule has 0 spiro atoms. The molecule has 2 aliphatic rings. The topological polar surface area (TPSA) is 50.3 Å². The molecule has 1 fully saturated rings. The molecule has 6 heteroatoms. The standard InChI is InChI=1S/C21H20N2O2S2/c1-14-3-2-4-17(22-14)10-23-11-19-18-9-15(16-7-8-26-13-16)5-6-20(18)27(24,25)21(19)12-23/h2-9,13,19,21H,10-12H2,1H3/t19-,21-/m1/s1. The van der Waals surface area contributed by atoms with E-state index in [4.69, 9.17) is 0 Å². The Morgan fingerprint density at radius 2 is 2.04 bits per heavy atom. The van der Waals surface area contributed by atoms with Crippen molar-refractivity contribution in [1.29, 1.82) is 0 Å². The summed E-state index contributed by atoms with van der Waals surface area (Å²) < 4.78 is 26.2. The van der Waals surface area contributed by atoms with Crippen molar-refractivity contribution in [3.63, 3.8) is 0 Å². The van der Waals surface area contributed by atoms with Crippen LogP contribution in [0.4, 0.5) is 0 Å². The van der Waals surface area contributed by atoms with Gasteiger partial charge in [-0.25, -0.2) is 8.42 Å². The van der Waals surface area contributed by atoms with Crippen molar-refractivity contribution in [1.82, 2.24) is 9.88 Å². The van der Waals surface area contributed by atoms with Gasteiger partial charge in [0.2, 0.25) is 0 Å². The number of aryl methyl sites for hydroxylation is 1. The highest BCUT2D eigenvalue weighted by Crippen LogP contribution is 2.46. The van der Waals surface area contributed by atoms with Crippen molar-refractivity contribution in [3.8, 4) is 11.1 Å². The number of hydrogen-bond acceptors (Lipinski definition) is 5. The third-order valence-corrected chi connectivity index (χ3v) is 8.59. The fourth-order valence-corrected chi connectivity index (χ4v) is 7.24. The van der Waals surface area contributed by atoms with Crippen LogP contribution in [0.3, 0.4) is 0 Å². The van der Waals surface area contributed by atoms with Crippen molar-refractivity contribution in [2.24, 2.45) is 0 Å². The van der Waals surface area contributed by atoms with E-state index in [2.05, 4.69) is 27.4 Å². The molecule has 2 aromatic heterocycles. The van der Waals surface area contributed by atoms with E-state index in [1.807, 2.05) is 42.6 Å². The first-order valence-electron chi connectivity index (χ1n) is 9.08. The van der Waals surface area contributed by atoms with Crippen LogP contribution >= 0.6 is 11.3 Å². The summed E-state index contributed by atoms with van der Waals surface area (Å²) >= 11 is 1.66. The molecule has 2 atom stereocenters. The van der Waals surface area contributed by atoms with Gasteiger partial charge < -0.3 is 0 Å². The molecule has 0 radical (unpaired) electrons. The summed E-state index contributed by atoms with van der Waals surface area (Å²) in [6.07, 6.45) is 0. The van der Waals surface area contributed by atoms with Crippen molar-refractivity contribution < 1.29 is 8.42 Å². The van der Waals surface area contributed by atoms with Crippen molar-refractivity contribution in [2.45, 2.75) is 29.5 Å². The molecule has 0 amide bonds. The first-order valence-corrected chi connectivity index (χ1v) is 11.6. The zero-order chi connectivity index (χ0) is 18.6. The average molecular weight is 397 g/mol. The minimum Gasteiger partial charge on any atom is -0.296 e. The highest BCUT2D eigenvalue weighted by Gasteiger charge is 2.50. The van der Waals surface area contributed by atoms with Gasteiger partial charge in [-0.1, -0.05) is 12.1 Å². The molecule has 1 saturated heterocycles. The number of thiophene rings is 1. The second-order valence-corrected chi connectivity index (χ2v) is 10.3. The maximum absolute atomic E-state index is 13.1. The Bertz CT molecular complexity index is 1110. The quantitative estimate of drug-likeness (QED) is 0.674. The van der Waals surface area contributed by atoms with Crippen LogP contribution in [0.2, 0.25) is 0 Å². The molecular weight excluding hydrogens is 376 g/mol. The SMILES string of the molecule is Cc1cccc(CN2C[C@@H]3c4cc(-c5ccsc5)ccc4S(=O)(=O)[C@@H]3C2)n1. The number of fused-ring (bicyclic) bond motifs is 3. The molecule has 1 aromatic carbocycles. The van der Waals surface area contributed by atoms with Gasteiger partial charge in [-0.3, -0.25) is 9.88 Å². The van der Waals surface area contributed by atoms with Crippen LogP contribution in [0.5, 0.6) is 0 Å². The lowest BCUT2D eigenvalue weighted by Crippen LogP contribution is -2.26. The van der Waals surface area contributed by atoms with Gasteiger partial charge in [-0.2, -0.15) is 11.3 Å². The highest BCUT2D eigenvalue weighted by molar-refractivity contribution is 7.92. The van der Waals surface area contributed by atoms with E-state index in [1.54, 1.807) is 11.3 Å². The highest BCUT2D eigenvalue weighted by atomic mass is 32.2. The van der Waals surface area contributed by atoms with Gasteiger partial charge in [0.25, 0.3) is 0 Å². The molecule has 0 aliphatic carbocycles. The number of hydrogen-bond donors (Lipinski definition) is 0. The Hall–Kier alpha value is -2.02. The Labute approximate surface area is 163 Å². The Morgan fingerprint density at radius 1 is 1.15 bits per heavy atom. The molecule has 5 rings (SSSR count). The van der Waals surface area contributed by atoms with E-state index in [9.17, 15) is 8.42 Å². The first kappa shape index (κ1) is 17.1. The number of pyridine rings is 1. The molecular formula is C21H20N2O2S2. The van der Waals surface area contributed by atoms with E-state index < -0.39 is 9.84 Å². The second-order valence-electron chi connectivity index (χ2n) is 7.42. The summed E-state index contributed by atoms with van der Waals surface area (Å²) in [6, 6.07) is 13.9. The zero-order valence-corrected chi connectivity index (χ0v) is 16.6. The van der Waals surface area contributed by atoms with Gasteiger partial charge in [0.05, 0.1) is 15.8 Å². The zero-order valence-electron chi connectivity index (χ0n) is 15.0.